The van der Waals surface area contributed by atoms with Gasteiger partial charge in [0.05, 0.1) is 27.8 Å². The number of rotatable bonds is 9. The summed E-state index contributed by atoms with van der Waals surface area (Å²) in [6.07, 6.45) is 1.81. The Hall–Kier alpha value is -11.7. The smallest absolute Gasteiger partial charge is 0.299 e. The van der Waals surface area contributed by atoms with E-state index in [0.717, 1.165) is 132 Å². The monoisotopic (exact) mass is 1130 g/mol. The summed E-state index contributed by atoms with van der Waals surface area (Å²) in [7, 11) is 0. The first kappa shape index (κ1) is 49.9. The molecule has 17 rings (SSSR count). The molecular formula is C76H46N8O2S. The van der Waals surface area contributed by atoms with Crippen LogP contribution in [0.3, 0.4) is 0 Å². The maximum atomic E-state index is 14.1. The highest BCUT2D eigenvalue weighted by Crippen LogP contribution is 2.42. The van der Waals surface area contributed by atoms with Crippen LogP contribution in [0.5, 0.6) is 0 Å². The van der Waals surface area contributed by atoms with E-state index in [4.69, 9.17) is 9.97 Å². The van der Waals surface area contributed by atoms with Crippen molar-refractivity contribution in [1.82, 2.24) is 37.9 Å². The van der Waals surface area contributed by atoms with Gasteiger partial charge in [-0.15, -0.1) is 0 Å². The number of aromatic nitrogens is 8. The average molecular weight is 1140 g/mol. The molecule has 408 valence electrons. The molecule has 0 aliphatic rings. The van der Waals surface area contributed by atoms with E-state index in [0.29, 0.717) is 22.4 Å². The maximum absolute atomic E-state index is 14.1. The second kappa shape index (κ2) is 20.0. The van der Waals surface area contributed by atoms with Crippen LogP contribution < -0.4 is 11.4 Å². The molecule has 0 radical (unpaired) electrons. The first-order valence-corrected chi connectivity index (χ1v) is 29.6. The first-order chi connectivity index (χ1) is 42.9. The molecule has 0 unspecified atom stereocenters. The Labute approximate surface area is 500 Å². The summed E-state index contributed by atoms with van der Waals surface area (Å²) in [6.45, 7) is 0. The summed E-state index contributed by atoms with van der Waals surface area (Å²) in [5.41, 5.74) is 17.4. The van der Waals surface area contributed by atoms with Crippen LogP contribution in [0.2, 0.25) is 0 Å². The van der Waals surface area contributed by atoms with Gasteiger partial charge in [0, 0.05) is 38.9 Å². The summed E-state index contributed by atoms with van der Waals surface area (Å²) >= 11 is 1.49. The number of pyridine rings is 1. The number of fused-ring (bicyclic) bond motifs is 9. The summed E-state index contributed by atoms with van der Waals surface area (Å²) in [5, 5.41) is 7.18. The highest BCUT2D eigenvalue weighted by Gasteiger charge is 2.24. The van der Waals surface area contributed by atoms with Crippen LogP contribution in [-0.4, -0.2) is 37.9 Å². The molecule has 0 aliphatic carbocycles. The molecule has 11 aromatic carbocycles. The second-order valence-corrected chi connectivity index (χ2v) is 22.8. The van der Waals surface area contributed by atoms with E-state index in [-0.39, 0.29) is 11.4 Å². The van der Waals surface area contributed by atoms with Gasteiger partial charge >= 0.3 is 11.4 Å². The number of hydrogen-bond donors (Lipinski definition) is 0. The summed E-state index contributed by atoms with van der Waals surface area (Å²) in [6, 6.07) is 94.6. The lowest BCUT2D eigenvalue weighted by molar-refractivity contribution is 0.889. The van der Waals surface area contributed by atoms with E-state index in [1.165, 1.54) is 15.7 Å². The van der Waals surface area contributed by atoms with Crippen molar-refractivity contribution in [3.63, 3.8) is 0 Å². The highest BCUT2D eigenvalue weighted by atomic mass is 32.1. The Kier molecular flexibility index (Phi) is 11.5. The van der Waals surface area contributed by atoms with Gasteiger partial charge in [0.15, 0.2) is 5.82 Å². The second-order valence-electron chi connectivity index (χ2n) is 21.9. The Morgan fingerprint density at radius 1 is 0.310 bits per heavy atom. The number of benzene rings is 11. The average Bonchev–Trinajstić information content (AvgIpc) is 1.76. The van der Waals surface area contributed by atoms with E-state index in [9.17, 15) is 9.59 Å². The molecule has 0 spiro atoms. The third-order valence-electron chi connectivity index (χ3n) is 16.8. The van der Waals surface area contributed by atoms with Gasteiger partial charge in [0.25, 0.3) is 0 Å². The fourth-order valence-corrected chi connectivity index (χ4v) is 13.7. The van der Waals surface area contributed by atoms with Crippen molar-refractivity contribution in [2.75, 3.05) is 0 Å². The van der Waals surface area contributed by atoms with E-state index in [2.05, 4.69) is 184 Å². The Morgan fingerprint density at radius 3 is 1.36 bits per heavy atom. The van der Waals surface area contributed by atoms with Crippen LogP contribution in [0.25, 0.3) is 154 Å². The molecule has 0 N–H and O–H groups in total. The van der Waals surface area contributed by atoms with Crippen LogP contribution >= 0.6 is 11.3 Å². The molecule has 10 nitrogen and oxygen atoms in total. The molecule has 87 heavy (non-hydrogen) atoms. The third kappa shape index (κ3) is 8.39. The van der Waals surface area contributed by atoms with E-state index < -0.39 is 0 Å². The number of para-hydroxylation sites is 2. The molecule has 0 atom stereocenters. The van der Waals surface area contributed by atoms with Gasteiger partial charge in [-0.2, -0.15) is 19.9 Å². The minimum atomic E-state index is -0.377. The van der Waals surface area contributed by atoms with Crippen molar-refractivity contribution in [3.05, 3.63) is 300 Å². The standard InChI is InChI=1S/C76H46N8O2S/c85-74-80-73(77-69-45-57-19-7-8-20-60(57)46-81(69)74)83-66-28-12-10-26-62(66)64-44-59(38-40-68(64)83)56-24-14-22-54(42-56)50-35-31-48(32-36-50)47-29-33-49(34-30-47)53-21-13-23-55(41-53)58-37-39-67-63(43-58)61-25-9-11-27-65(61)82(67)72-70(51-15-3-1-4-16-51)84-75(86)78-71(79-76(84)87-72)52-17-5-2-6-18-52/h1-46H. The lowest BCUT2D eigenvalue weighted by Crippen LogP contribution is -2.21. The van der Waals surface area contributed by atoms with Crippen molar-refractivity contribution < 1.29 is 0 Å². The van der Waals surface area contributed by atoms with Crippen molar-refractivity contribution in [2.24, 2.45) is 0 Å². The SMILES string of the molecule is O=c1nc(-n2c3ccccc3c3cc(-c4cccc(-c5ccc(-c6ccc(-c7cccc(-c8ccc9c(c8)c8ccccc8n9-c8sc9nc(-c%10ccccc%10)nc(=O)n9c8-c8ccccc8)c7)cc6)cc5)c4)ccc32)nc2cc3ccccc3cn12. The van der Waals surface area contributed by atoms with Crippen LogP contribution in [-0.2, 0) is 0 Å². The predicted molar refractivity (Wildman–Crippen MR) is 354 cm³/mol. The maximum Gasteiger partial charge on any atom is 0.356 e. The topological polar surface area (TPSA) is 104 Å². The summed E-state index contributed by atoms with van der Waals surface area (Å²) < 4.78 is 7.45. The summed E-state index contributed by atoms with van der Waals surface area (Å²) in [5.74, 6) is 0.747. The van der Waals surface area contributed by atoms with E-state index in [1.54, 1.807) is 10.6 Å². The Bertz CT molecular complexity index is 5750. The quantitative estimate of drug-likeness (QED) is 0.133. The van der Waals surface area contributed by atoms with E-state index in [1.807, 2.05) is 108 Å². The van der Waals surface area contributed by atoms with Crippen molar-refractivity contribution in [1.29, 1.82) is 0 Å². The minimum Gasteiger partial charge on any atom is -0.299 e. The van der Waals surface area contributed by atoms with Crippen molar-refractivity contribution >= 4 is 76.3 Å². The van der Waals surface area contributed by atoms with Crippen LogP contribution in [0, 0.1) is 0 Å². The van der Waals surface area contributed by atoms with E-state index >= 15 is 0 Å². The van der Waals surface area contributed by atoms with Crippen molar-refractivity contribution in [3.8, 4) is 89.2 Å². The Balaban J connectivity index is 0.651. The Morgan fingerprint density at radius 2 is 0.759 bits per heavy atom. The van der Waals surface area contributed by atoms with Gasteiger partial charge < -0.3 is 0 Å². The van der Waals surface area contributed by atoms with Crippen LogP contribution in [0.15, 0.2) is 289 Å². The van der Waals surface area contributed by atoms with Crippen LogP contribution in [0.1, 0.15) is 0 Å². The van der Waals surface area contributed by atoms with Crippen LogP contribution in [0.4, 0.5) is 0 Å². The van der Waals surface area contributed by atoms with Crippen molar-refractivity contribution in [2.45, 2.75) is 0 Å². The zero-order chi connectivity index (χ0) is 57.7. The minimum absolute atomic E-state index is 0.341. The lowest BCUT2D eigenvalue weighted by Gasteiger charge is -2.11. The molecule has 11 heteroatoms. The van der Waals surface area contributed by atoms with Gasteiger partial charge in [-0.1, -0.05) is 230 Å². The zero-order valence-corrected chi connectivity index (χ0v) is 47.2. The van der Waals surface area contributed by atoms with Gasteiger partial charge in [0.1, 0.15) is 10.6 Å². The lowest BCUT2D eigenvalue weighted by atomic mass is 9.95. The largest absolute Gasteiger partial charge is 0.356 e. The normalized spacial score (nSPS) is 11.8. The molecule has 17 aromatic rings. The number of nitrogens with zero attached hydrogens (tertiary/aromatic N) is 8. The third-order valence-corrected chi connectivity index (χ3v) is 17.8. The predicted octanol–water partition coefficient (Wildman–Crippen LogP) is 17.6. The molecule has 0 bridgehead atoms. The molecule has 0 aliphatic heterocycles. The summed E-state index contributed by atoms with van der Waals surface area (Å²) in [4.78, 5) is 47.2. The fourth-order valence-electron chi connectivity index (χ4n) is 12.6. The molecule has 0 saturated carbocycles. The molecule has 0 saturated heterocycles. The molecule has 6 aromatic heterocycles. The molecular weight excluding hydrogens is 1090 g/mol. The molecule has 0 fully saturated rings. The van der Waals surface area contributed by atoms with Gasteiger partial charge in [0.2, 0.25) is 10.9 Å². The van der Waals surface area contributed by atoms with Gasteiger partial charge in [-0.3, -0.25) is 13.5 Å². The first-order valence-electron chi connectivity index (χ1n) is 28.8. The zero-order valence-electron chi connectivity index (χ0n) is 46.4. The highest BCUT2D eigenvalue weighted by molar-refractivity contribution is 7.20. The fraction of sp³-hybridized carbons (Fsp3) is 0. The van der Waals surface area contributed by atoms with Gasteiger partial charge in [-0.05, 0) is 121 Å². The number of thiazole rings is 1. The van der Waals surface area contributed by atoms with Gasteiger partial charge in [-0.25, -0.2) is 14.0 Å². The molecule has 6 heterocycles. The molecule has 0 amide bonds. The number of hydrogen-bond acceptors (Lipinski definition) is 7.